The fraction of sp³-hybridized carbons (Fsp3) is 0.158. The summed E-state index contributed by atoms with van der Waals surface area (Å²) >= 11 is 0. The largest absolute Gasteiger partial charge is 0.417 e. The summed E-state index contributed by atoms with van der Waals surface area (Å²) in [6, 6.07) is 14.8. The van der Waals surface area contributed by atoms with E-state index in [4.69, 9.17) is 0 Å². The van der Waals surface area contributed by atoms with Crippen molar-refractivity contribution >= 4 is 0 Å². The summed E-state index contributed by atoms with van der Waals surface area (Å²) in [5.41, 5.74) is 2.39. The first kappa shape index (κ1) is 16.2. The molecule has 0 saturated carbocycles. The van der Waals surface area contributed by atoms with E-state index in [1.807, 2.05) is 31.2 Å². The van der Waals surface area contributed by atoms with Crippen molar-refractivity contribution in [2.45, 2.75) is 20.0 Å². The Morgan fingerprint density at radius 1 is 0.792 bits per heavy atom. The van der Waals surface area contributed by atoms with Gasteiger partial charge in [0, 0.05) is 16.8 Å². The van der Waals surface area contributed by atoms with Crippen molar-refractivity contribution in [1.82, 2.24) is 9.97 Å². The van der Waals surface area contributed by atoms with Crippen LogP contribution in [0.2, 0.25) is 0 Å². The molecule has 122 valence electrons. The summed E-state index contributed by atoms with van der Waals surface area (Å²) < 4.78 is 39.8. The predicted molar refractivity (Wildman–Crippen MR) is 87.4 cm³/mol. The zero-order chi connectivity index (χ0) is 17.3. The highest BCUT2D eigenvalue weighted by atomic mass is 19.4. The second-order valence-electron chi connectivity index (χ2n) is 5.58. The smallest absolute Gasteiger partial charge is 0.233 e. The molecule has 0 spiro atoms. The Morgan fingerprint density at radius 2 is 1.42 bits per heavy atom. The molecule has 2 nitrogen and oxygen atoms in total. The van der Waals surface area contributed by atoms with Crippen molar-refractivity contribution < 1.29 is 13.2 Å². The summed E-state index contributed by atoms with van der Waals surface area (Å²) in [6.45, 7) is 3.69. The van der Waals surface area contributed by atoms with Crippen LogP contribution in [0.25, 0.3) is 22.6 Å². The van der Waals surface area contributed by atoms with Crippen molar-refractivity contribution in [2.75, 3.05) is 0 Å². The molecule has 0 radical (unpaired) electrons. The van der Waals surface area contributed by atoms with Gasteiger partial charge in [-0.3, -0.25) is 0 Å². The Bertz CT molecular complexity index is 886. The van der Waals surface area contributed by atoms with Crippen LogP contribution in [0.4, 0.5) is 13.2 Å². The van der Waals surface area contributed by atoms with Gasteiger partial charge in [0.15, 0.2) is 5.82 Å². The lowest BCUT2D eigenvalue weighted by Gasteiger charge is -2.13. The molecular weight excluding hydrogens is 313 g/mol. The van der Waals surface area contributed by atoms with Gasteiger partial charge in [-0.25, -0.2) is 9.97 Å². The van der Waals surface area contributed by atoms with Crippen molar-refractivity contribution in [1.29, 1.82) is 0 Å². The standard InChI is InChI=1S/C19H15F3N2/c1-12-7-3-4-8-14(12)17-11-13(2)23-18(24-17)15-9-5-6-10-16(15)19(20,21)22/h3-11H,1-2H3. The monoisotopic (exact) mass is 328 g/mol. The average Bonchev–Trinajstić information content (AvgIpc) is 2.54. The number of nitrogens with zero attached hydrogens (tertiary/aromatic N) is 2. The summed E-state index contributed by atoms with van der Waals surface area (Å²) in [7, 11) is 0. The van der Waals surface area contributed by atoms with E-state index in [0.29, 0.717) is 11.4 Å². The number of halogens is 3. The van der Waals surface area contributed by atoms with Gasteiger partial charge in [0.05, 0.1) is 11.3 Å². The van der Waals surface area contributed by atoms with Crippen LogP contribution in [0.1, 0.15) is 16.8 Å². The van der Waals surface area contributed by atoms with Crippen molar-refractivity contribution in [3.05, 3.63) is 71.4 Å². The molecule has 1 heterocycles. The molecule has 24 heavy (non-hydrogen) atoms. The molecular formula is C19H15F3N2. The Kier molecular flexibility index (Phi) is 4.09. The highest BCUT2D eigenvalue weighted by Gasteiger charge is 2.34. The van der Waals surface area contributed by atoms with Crippen LogP contribution in [0.15, 0.2) is 54.6 Å². The summed E-state index contributed by atoms with van der Waals surface area (Å²) in [6.07, 6.45) is -4.45. The fourth-order valence-electron chi connectivity index (χ4n) is 2.61. The number of aromatic nitrogens is 2. The molecule has 3 aromatic rings. The maximum atomic E-state index is 13.3. The van der Waals surface area contributed by atoms with Crippen LogP contribution in [-0.4, -0.2) is 9.97 Å². The van der Waals surface area contributed by atoms with Gasteiger partial charge >= 0.3 is 6.18 Å². The molecule has 0 saturated heterocycles. The summed E-state index contributed by atoms with van der Waals surface area (Å²) in [5.74, 6) is 0.0844. The molecule has 0 N–H and O–H groups in total. The van der Waals surface area contributed by atoms with E-state index in [9.17, 15) is 13.2 Å². The molecule has 0 aliphatic heterocycles. The molecule has 0 bridgehead atoms. The highest BCUT2D eigenvalue weighted by molar-refractivity contribution is 5.68. The Balaban J connectivity index is 2.20. The van der Waals surface area contributed by atoms with Crippen LogP contribution in [0.5, 0.6) is 0 Å². The van der Waals surface area contributed by atoms with Crippen LogP contribution in [0.3, 0.4) is 0 Å². The quantitative estimate of drug-likeness (QED) is 0.625. The van der Waals surface area contributed by atoms with Crippen molar-refractivity contribution in [3.8, 4) is 22.6 Å². The zero-order valence-corrected chi connectivity index (χ0v) is 13.2. The second kappa shape index (κ2) is 6.07. The average molecular weight is 328 g/mol. The normalized spacial score (nSPS) is 11.5. The van der Waals surface area contributed by atoms with Crippen LogP contribution in [-0.2, 0) is 6.18 Å². The molecule has 0 fully saturated rings. The topological polar surface area (TPSA) is 25.8 Å². The molecule has 3 rings (SSSR count). The number of hydrogen-bond acceptors (Lipinski definition) is 2. The number of hydrogen-bond donors (Lipinski definition) is 0. The lowest BCUT2D eigenvalue weighted by Crippen LogP contribution is -2.08. The Hall–Kier alpha value is -2.69. The second-order valence-corrected chi connectivity index (χ2v) is 5.58. The molecule has 0 aliphatic carbocycles. The number of aryl methyl sites for hydroxylation is 2. The molecule has 0 amide bonds. The van der Waals surface area contributed by atoms with Gasteiger partial charge in [-0.1, -0.05) is 42.5 Å². The maximum absolute atomic E-state index is 13.3. The first-order valence-electron chi connectivity index (χ1n) is 7.44. The minimum absolute atomic E-state index is 0.0106. The molecule has 0 unspecified atom stereocenters. The third-order valence-corrected chi connectivity index (χ3v) is 3.75. The third kappa shape index (κ3) is 3.15. The van der Waals surface area contributed by atoms with E-state index in [-0.39, 0.29) is 11.4 Å². The van der Waals surface area contributed by atoms with Gasteiger partial charge in [0.25, 0.3) is 0 Å². The Labute approximate surface area is 138 Å². The van der Waals surface area contributed by atoms with E-state index in [0.717, 1.165) is 17.2 Å². The highest BCUT2D eigenvalue weighted by Crippen LogP contribution is 2.36. The number of benzene rings is 2. The van der Waals surface area contributed by atoms with E-state index >= 15 is 0 Å². The SMILES string of the molecule is Cc1cc(-c2ccccc2C)nc(-c2ccccc2C(F)(F)F)n1. The molecule has 0 atom stereocenters. The van der Waals surface area contributed by atoms with Crippen molar-refractivity contribution in [2.24, 2.45) is 0 Å². The Morgan fingerprint density at radius 3 is 2.08 bits per heavy atom. The predicted octanol–water partition coefficient (Wildman–Crippen LogP) is 5.45. The van der Waals surface area contributed by atoms with Gasteiger partial charge in [-0.15, -0.1) is 0 Å². The zero-order valence-electron chi connectivity index (χ0n) is 13.2. The molecule has 1 aromatic heterocycles. The third-order valence-electron chi connectivity index (χ3n) is 3.75. The minimum Gasteiger partial charge on any atom is -0.233 e. The van der Waals surface area contributed by atoms with E-state index in [1.165, 1.54) is 12.1 Å². The lowest BCUT2D eigenvalue weighted by molar-refractivity contribution is -0.137. The van der Waals surface area contributed by atoms with E-state index < -0.39 is 11.7 Å². The minimum atomic E-state index is -4.45. The van der Waals surface area contributed by atoms with Gasteiger partial charge in [0.2, 0.25) is 0 Å². The number of alkyl halides is 3. The van der Waals surface area contributed by atoms with Gasteiger partial charge in [-0.05, 0) is 31.5 Å². The van der Waals surface area contributed by atoms with Crippen molar-refractivity contribution in [3.63, 3.8) is 0 Å². The van der Waals surface area contributed by atoms with E-state index in [2.05, 4.69) is 9.97 Å². The van der Waals surface area contributed by atoms with E-state index in [1.54, 1.807) is 19.1 Å². The van der Waals surface area contributed by atoms with Crippen LogP contribution >= 0.6 is 0 Å². The van der Waals surface area contributed by atoms with Crippen LogP contribution < -0.4 is 0 Å². The lowest BCUT2D eigenvalue weighted by atomic mass is 10.0. The van der Waals surface area contributed by atoms with Crippen LogP contribution in [0, 0.1) is 13.8 Å². The van der Waals surface area contributed by atoms with Gasteiger partial charge < -0.3 is 0 Å². The first-order valence-corrected chi connectivity index (χ1v) is 7.44. The van der Waals surface area contributed by atoms with Gasteiger partial charge in [0.1, 0.15) is 0 Å². The summed E-state index contributed by atoms with van der Waals surface area (Å²) in [5, 5.41) is 0. The first-order chi connectivity index (χ1) is 11.4. The molecule has 5 heteroatoms. The number of rotatable bonds is 2. The maximum Gasteiger partial charge on any atom is 0.417 e. The van der Waals surface area contributed by atoms with Gasteiger partial charge in [-0.2, -0.15) is 13.2 Å². The fourth-order valence-corrected chi connectivity index (χ4v) is 2.61. The molecule has 2 aromatic carbocycles. The summed E-state index contributed by atoms with van der Waals surface area (Å²) in [4.78, 5) is 8.62. The molecule has 0 aliphatic rings.